The molecule has 0 nitrogen and oxygen atoms in total. The zero-order valence-electron chi connectivity index (χ0n) is 12.3. The highest BCUT2D eigenvalue weighted by Gasteiger charge is 2.02. The lowest BCUT2D eigenvalue weighted by molar-refractivity contribution is 1.36. The molecule has 0 N–H and O–H groups in total. The minimum absolute atomic E-state index is 1.27. The second kappa shape index (κ2) is 6.19. The summed E-state index contributed by atoms with van der Waals surface area (Å²) >= 11 is 1.80. The Kier molecular flexibility index (Phi) is 4.12. The summed E-state index contributed by atoms with van der Waals surface area (Å²) in [5.74, 6) is 0. The molecule has 0 aliphatic carbocycles. The highest BCUT2D eigenvalue weighted by molar-refractivity contribution is 7.99. The van der Waals surface area contributed by atoms with Gasteiger partial charge in [-0.3, -0.25) is 0 Å². The first-order valence-electron chi connectivity index (χ1n) is 7.13. The van der Waals surface area contributed by atoms with Crippen LogP contribution in [-0.4, -0.2) is 0 Å². The molecule has 0 unspecified atom stereocenters. The van der Waals surface area contributed by atoms with Crippen LogP contribution in [0.5, 0.6) is 0 Å². The van der Waals surface area contributed by atoms with E-state index in [1.54, 1.807) is 11.8 Å². The second-order valence-corrected chi connectivity index (χ2v) is 6.40. The Morgan fingerprint density at radius 1 is 0.619 bits per heavy atom. The van der Waals surface area contributed by atoms with E-state index in [2.05, 4.69) is 86.6 Å². The van der Waals surface area contributed by atoms with Crippen LogP contribution in [0.1, 0.15) is 11.1 Å². The monoisotopic (exact) mass is 290 g/mol. The van der Waals surface area contributed by atoms with Crippen LogP contribution in [0.15, 0.2) is 82.6 Å². The van der Waals surface area contributed by atoms with Crippen molar-refractivity contribution in [2.24, 2.45) is 0 Å². The fourth-order valence-electron chi connectivity index (χ4n) is 2.34. The number of aryl methyl sites for hydroxylation is 2. The van der Waals surface area contributed by atoms with Gasteiger partial charge in [0.15, 0.2) is 0 Å². The molecule has 3 aromatic rings. The van der Waals surface area contributed by atoms with Gasteiger partial charge in [-0.2, -0.15) is 0 Å². The summed E-state index contributed by atoms with van der Waals surface area (Å²) in [5.41, 5.74) is 5.21. The first-order chi connectivity index (χ1) is 10.2. The third-order valence-electron chi connectivity index (χ3n) is 3.57. The molecule has 0 heterocycles. The fraction of sp³-hybridized carbons (Fsp3) is 0.100. The van der Waals surface area contributed by atoms with E-state index < -0.39 is 0 Å². The predicted molar refractivity (Wildman–Crippen MR) is 91.9 cm³/mol. The summed E-state index contributed by atoms with van der Waals surface area (Å²) in [7, 11) is 0. The van der Waals surface area contributed by atoms with Crippen molar-refractivity contribution in [3.05, 3.63) is 83.9 Å². The van der Waals surface area contributed by atoms with Crippen LogP contribution in [0.3, 0.4) is 0 Å². The Labute approximate surface area is 130 Å². The molecular formula is C20H18S. The second-order valence-electron chi connectivity index (χ2n) is 5.25. The summed E-state index contributed by atoms with van der Waals surface area (Å²) in [4.78, 5) is 2.56. The van der Waals surface area contributed by atoms with Crippen molar-refractivity contribution in [2.45, 2.75) is 23.6 Å². The van der Waals surface area contributed by atoms with Gasteiger partial charge in [0.25, 0.3) is 0 Å². The van der Waals surface area contributed by atoms with E-state index in [9.17, 15) is 0 Å². The zero-order chi connectivity index (χ0) is 14.7. The number of hydrogen-bond donors (Lipinski definition) is 0. The summed E-state index contributed by atoms with van der Waals surface area (Å²) in [6.07, 6.45) is 0. The molecule has 0 bridgehead atoms. The molecule has 0 saturated carbocycles. The molecular weight excluding hydrogens is 272 g/mol. The van der Waals surface area contributed by atoms with Crippen molar-refractivity contribution in [1.82, 2.24) is 0 Å². The molecule has 1 heteroatoms. The first-order valence-corrected chi connectivity index (χ1v) is 7.94. The van der Waals surface area contributed by atoms with E-state index in [4.69, 9.17) is 0 Å². The average Bonchev–Trinajstić information content (AvgIpc) is 2.51. The maximum absolute atomic E-state index is 2.21. The molecule has 0 aromatic heterocycles. The number of benzene rings is 3. The van der Waals surface area contributed by atoms with E-state index >= 15 is 0 Å². The van der Waals surface area contributed by atoms with Gasteiger partial charge in [0.2, 0.25) is 0 Å². The van der Waals surface area contributed by atoms with Gasteiger partial charge in [-0.05, 0) is 54.8 Å². The van der Waals surface area contributed by atoms with Crippen LogP contribution >= 0.6 is 11.8 Å². The van der Waals surface area contributed by atoms with Crippen molar-refractivity contribution in [3.8, 4) is 11.1 Å². The number of rotatable bonds is 3. The van der Waals surface area contributed by atoms with Crippen LogP contribution in [-0.2, 0) is 0 Å². The van der Waals surface area contributed by atoms with E-state index in [0.717, 1.165) is 0 Å². The zero-order valence-corrected chi connectivity index (χ0v) is 13.2. The van der Waals surface area contributed by atoms with Crippen LogP contribution in [0, 0.1) is 13.8 Å². The van der Waals surface area contributed by atoms with Gasteiger partial charge in [0, 0.05) is 9.79 Å². The normalized spacial score (nSPS) is 10.6. The van der Waals surface area contributed by atoms with E-state index in [0.29, 0.717) is 0 Å². The first kappa shape index (κ1) is 14.0. The lowest BCUT2D eigenvalue weighted by Crippen LogP contribution is -1.82. The van der Waals surface area contributed by atoms with Gasteiger partial charge < -0.3 is 0 Å². The standard InChI is InChI=1S/C20H18S/c1-15-7-11-18(12-8-15)21-19-13-9-17(10-14-19)20-6-4-3-5-16(20)2/h3-14H,1-2H3. The van der Waals surface area contributed by atoms with E-state index in [1.807, 2.05) is 0 Å². The van der Waals surface area contributed by atoms with Gasteiger partial charge in [0.05, 0.1) is 0 Å². The Morgan fingerprint density at radius 2 is 1.19 bits per heavy atom. The van der Waals surface area contributed by atoms with Crippen molar-refractivity contribution in [1.29, 1.82) is 0 Å². The Balaban J connectivity index is 1.81. The van der Waals surface area contributed by atoms with Crippen LogP contribution in [0.2, 0.25) is 0 Å². The molecule has 0 atom stereocenters. The molecule has 0 aliphatic heterocycles. The Hall–Kier alpha value is -1.99. The highest BCUT2D eigenvalue weighted by atomic mass is 32.2. The molecule has 3 rings (SSSR count). The lowest BCUT2D eigenvalue weighted by Gasteiger charge is -2.07. The molecule has 0 aliphatic rings. The van der Waals surface area contributed by atoms with Gasteiger partial charge in [0.1, 0.15) is 0 Å². The minimum Gasteiger partial charge on any atom is -0.0901 e. The van der Waals surface area contributed by atoms with E-state index in [-0.39, 0.29) is 0 Å². The quantitative estimate of drug-likeness (QED) is 0.560. The van der Waals surface area contributed by atoms with Crippen molar-refractivity contribution in [3.63, 3.8) is 0 Å². The van der Waals surface area contributed by atoms with Gasteiger partial charge in [-0.1, -0.05) is 65.9 Å². The van der Waals surface area contributed by atoms with Crippen molar-refractivity contribution >= 4 is 11.8 Å². The smallest absolute Gasteiger partial charge is 0.0122 e. The maximum Gasteiger partial charge on any atom is 0.0122 e. The van der Waals surface area contributed by atoms with Crippen LogP contribution in [0.4, 0.5) is 0 Å². The average molecular weight is 290 g/mol. The molecule has 0 amide bonds. The van der Waals surface area contributed by atoms with Gasteiger partial charge in [-0.25, -0.2) is 0 Å². The summed E-state index contributed by atoms with van der Waals surface area (Å²) in [6, 6.07) is 26.0. The molecule has 104 valence electrons. The van der Waals surface area contributed by atoms with Crippen molar-refractivity contribution < 1.29 is 0 Å². The van der Waals surface area contributed by atoms with Crippen LogP contribution < -0.4 is 0 Å². The predicted octanol–water partition coefficient (Wildman–Crippen LogP) is 6.12. The van der Waals surface area contributed by atoms with E-state index in [1.165, 1.54) is 32.0 Å². The van der Waals surface area contributed by atoms with Gasteiger partial charge >= 0.3 is 0 Å². The minimum atomic E-state index is 1.27. The molecule has 0 spiro atoms. The molecule has 21 heavy (non-hydrogen) atoms. The third kappa shape index (κ3) is 3.37. The fourth-order valence-corrected chi connectivity index (χ4v) is 3.16. The lowest BCUT2D eigenvalue weighted by atomic mass is 10.0. The molecule has 0 fully saturated rings. The van der Waals surface area contributed by atoms with Gasteiger partial charge in [-0.15, -0.1) is 0 Å². The summed E-state index contributed by atoms with van der Waals surface area (Å²) < 4.78 is 0. The molecule has 3 aromatic carbocycles. The SMILES string of the molecule is Cc1ccc(Sc2ccc(-c3ccccc3C)cc2)cc1. The Bertz CT molecular complexity index is 725. The summed E-state index contributed by atoms with van der Waals surface area (Å²) in [5, 5.41) is 0. The largest absolute Gasteiger partial charge is 0.0901 e. The third-order valence-corrected chi connectivity index (χ3v) is 4.58. The number of hydrogen-bond acceptors (Lipinski definition) is 1. The molecule has 0 saturated heterocycles. The Morgan fingerprint density at radius 3 is 1.81 bits per heavy atom. The highest BCUT2D eigenvalue weighted by Crippen LogP contribution is 2.30. The molecule has 0 radical (unpaired) electrons. The topological polar surface area (TPSA) is 0 Å². The maximum atomic E-state index is 2.21. The summed E-state index contributed by atoms with van der Waals surface area (Å²) in [6.45, 7) is 4.27. The van der Waals surface area contributed by atoms with Crippen LogP contribution in [0.25, 0.3) is 11.1 Å². The van der Waals surface area contributed by atoms with Crippen molar-refractivity contribution in [2.75, 3.05) is 0 Å².